The summed E-state index contributed by atoms with van der Waals surface area (Å²) in [5.41, 5.74) is 1.15. The van der Waals surface area contributed by atoms with Gasteiger partial charge in [-0.15, -0.1) is 0 Å². The third-order valence-corrected chi connectivity index (χ3v) is 3.87. The van der Waals surface area contributed by atoms with Crippen molar-refractivity contribution >= 4 is 37.5 Å². The number of benzene rings is 1. The molecule has 1 N–H and O–H groups in total. The minimum Gasteiger partial charge on any atom is -0.377 e. The molecule has 1 aromatic rings. The monoisotopic (exact) mass is 329 g/mol. The summed E-state index contributed by atoms with van der Waals surface area (Å²) in [5.74, 6) is 0. The number of para-hydroxylation sites is 1. The van der Waals surface area contributed by atoms with Crippen LogP contribution in [0.4, 0.5) is 5.69 Å². The Morgan fingerprint density at radius 3 is 2.53 bits per heavy atom. The highest BCUT2D eigenvalue weighted by molar-refractivity contribution is 9.11. The fraction of sp³-hybridized carbons (Fsp3) is 0.333. The van der Waals surface area contributed by atoms with Gasteiger partial charge in [-0.2, -0.15) is 0 Å². The van der Waals surface area contributed by atoms with Gasteiger partial charge in [-0.1, -0.05) is 18.2 Å². The maximum absolute atomic E-state index is 3.56. The van der Waals surface area contributed by atoms with E-state index in [1.165, 1.54) is 19.3 Å². The predicted octanol–water partition coefficient (Wildman–Crippen LogP) is 4.73. The second kappa shape index (κ2) is 5.17. The highest BCUT2D eigenvalue weighted by atomic mass is 79.9. The summed E-state index contributed by atoms with van der Waals surface area (Å²) in [6.07, 6.45) is 8.22. The van der Waals surface area contributed by atoms with E-state index >= 15 is 0 Å². The van der Waals surface area contributed by atoms with E-state index in [0.29, 0.717) is 6.04 Å². The van der Waals surface area contributed by atoms with E-state index in [1.807, 2.05) is 6.07 Å². The minimum atomic E-state index is 0.466. The molecule has 0 aliphatic heterocycles. The molecule has 0 spiro atoms. The summed E-state index contributed by atoms with van der Waals surface area (Å²) < 4.78 is 2.21. The summed E-state index contributed by atoms with van der Waals surface area (Å²) in [6.45, 7) is 0. The van der Waals surface area contributed by atoms with E-state index in [4.69, 9.17) is 0 Å². The van der Waals surface area contributed by atoms with Crippen LogP contribution in [0.1, 0.15) is 19.3 Å². The first-order valence-corrected chi connectivity index (χ1v) is 6.73. The van der Waals surface area contributed by atoms with Crippen molar-refractivity contribution in [3.05, 3.63) is 39.3 Å². The highest BCUT2D eigenvalue weighted by Crippen LogP contribution is 2.32. The van der Waals surface area contributed by atoms with Crippen molar-refractivity contribution in [3.63, 3.8) is 0 Å². The van der Waals surface area contributed by atoms with Crippen LogP contribution in [0.2, 0.25) is 0 Å². The third-order valence-electron chi connectivity index (χ3n) is 2.55. The zero-order valence-electron chi connectivity index (χ0n) is 8.34. The van der Waals surface area contributed by atoms with Crippen molar-refractivity contribution in [1.82, 2.24) is 0 Å². The van der Waals surface area contributed by atoms with Crippen molar-refractivity contribution in [2.45, 2.75) is 25.3 Å². The first-order chi connectivity index (χ1) is 7.27. The fourth-order valence-corrected chi connectivity index (χ4v) is 2.98. The average Bonchev–Trinajstić information content (AvgIpc) is 2.25. The second-order valence-electron chi connectivity index (χ2n) is 3.71. The molecule has 2 rings (SSSR count). The smallest absolute Gasteiger partial charge is 0.0633 e. The molecule has 80 valence electrons. The second-order valence-corrected chi connectivity index (χ2v) is 5.42. The van der Waals surface area contributed by atoms with Crippen molar-refractivity contribution < 1.29 is 0 Å². The van der Waals surface area contributed by atoms with Crippen LogP contribution in [0.15, 0.2) is 39.3 Å². The Labute approximate surface area is 107 Å². The van der Waals surface area contributed by atoms with Crippen LogP contribution in [-0.2, 0) is 0 Å². The van der Waals surface area contributed by atoms with Crippen LogP contribution >= 0.6 is 31.9 Å². The van der Waals surface area contributed by atoms with E-state index in [-0.39, 0.29) is 0 Å². The van der Waals surface area contributed by atoms with Gasteiger partial charge in [0.15, 0.2) is 0 Å². The Hall–Kier alpha value is -0.280. The summed E-state index contributed by atoms with van der Waals surface area (Å²) in [4.78, 5) is 0. The molecule has 1 aliphatic rings. The number of rotatable bonds is 2. The molecule has 0 fully saturated rings. The Morgan fingerprint density at radius 2 is 1.93 bits per heavy atom. The zero-order valence-corrected chi connectivity index (χ0v) is 11.5. The van der Waals surface area contributed by atoms with Gasteiger partial charge >= 0.3 is 0 Å². The van der Waals surface area contributed by atoms with Gasteiger partial charge in [-0.05, 0) is 63.3 Å². The largest absolute Gasteiger partial charge is 0.377 e. The van der Waals surface area contributed by atoms with E-state index in [9.17, 15) is 0 Å². The molecule has 1 aromatic carbocycles. The van der Waals surface area contributed by atoms with Crippen LogP contribution in [-0.4, -0.2) is 6.04 Å². The molecular weight excluding hydrogens is 318 g/mol. The molecule has 0 amide bonds. The number of hydrogen-bond donors (Lipinski definition) is 1. The van der Waals surface area contributed by atoms with Crippen LogP contribution in [0.25, 0.3) is 0 Å². The predicted molar refractivity (Wildman–Crippen MR) is 72.2 cm³/mol. The average molecular weight is 331 g/mol. The Bertz CT molecular complexity index is 354. The van der Waals surface area contributed by atoms with Crippen molar-refractivity contribution in [1.29, 1.82) is 0 Å². The van der Waals surface area contributed by atoms with Gasteiger partial charge in [0.2, 0.25) is 0 Å². The molecule has 0 radical (unpaired) electrons. The van der Waals surface area contributed by atoms with Crippen LogP contribution < -0.4 is 5.32 Å². The summed E-state index contributed by atoms with van der Waals surface area (Å²) >= 11 is 7.11. The van der Waals surface area contributed by atoms with Crippen molar-refractivity contribution in [2.24, 2.45) is 0 Å². The van der Waals surface area contributed by atoms with Gasteiger partial charge in [-0.3, -0.25) is 0 Å². The quantitative estimate of drug-likeness (QED) is 0.773. The van der Waals surface area contributed by atoms with Crippen molar-refractivity contribution in [3.8, 4) is 0 Å². The molecule has 0 heterocycles. The topological polar surface area (TPSA) is 12.0 Å². The molecule has 3 heteroatoms. The highest BCUT2D eigenvalue weighted by Gasteiger charge is 2.11. The number of anilines is 1. The lowest BCUT2D eigenvalue weighted by Crippen LogP contribution is -2.19. The SMILES string of the molecule is Brc1cccc(Br)c1NC1C=CCCC1. The van der Waals surface area contributed by atoms with E-state index in [0.717, 1.165) is 14.6 Å². The Kier molecular flexibility index (Phi) is 3.87. The molecule has 1 atom stereocenters. The maximum atomic E-state index is 3.56. The zero-order chi connectivity index (χ0) is 10.7. The lowest BCUT2D eigenvalue weighted by Gasteiger charge is -2.20. The molecule has 1 nitrogen and oxygen atoms in total. The van der Waals surface area contributed by atoms with Crippen LogP contribution in [0.3, 0.4) is 0 Å². The molecule has 1 unspecified atom stereocenters. The molecule has 1 aliphatic carbocycles. The fourth-order valence-electron chi connectivity index (χ4n) is 1.75. The summed E-state index contributed by atoms with van der Waals surface area (Å²) in [6, 6.07) is 6.60. The third kappa shape index (κ3) is 2.85. The molecule has 0 saturated heterocycles. The standard InChI is InChI=1S/C12H13Br2N/c13-10-7-4-8-11(14)12(10)15-9-5-2-1-3-6-9/h2,4-5,7-9,15H,1,3,6H2. The number of hydrogen-bond acceptors (Lipinski definition) is 1. The lowest BCUT2D eigenvalue weighted by molar-refractivity contribution is 0.673. The minimum absolute atomic E-state index is 0.466. The maximum Gasteiger partial charge on any atom is 0.0633 e. The van der Waals surface area contributed by atoms with Gasteiger partial charge in [0, 0.05) is 15.0 Å². The van der Waals surface area contributed by atoms with E-state index in [1.54, 1.807) is 0 Å². The molecule has 15 heavy (non-hydrogen) atoms. The van der Waals surface area contributed by atoms with E-state index < -0.39 is 0 Å². The number of halogens is 2. The van der Waals surface area contributed by atoms with Crippen molar-refractivity contribution in [2.75, 3.05) is 5.32 Å². The molecular formula is C12H13Br2N. The lowest BCUT2D eigenvalue weighted by atomic mass is 10.0. The molecule has 0 saturated carbocycles. The normalized spacial score (nSPS) is 20.3. The Morgan fingerprint density at radius 1 is 1.20 bits per heavy atom. The first kappa shape index (κ1) is 11.2. The Balaban J connectivity index is 2.16. The summed E-state index contributed by atoms with van der Waals surface area (Å²) in [5, 5.41) is 3.54. The van der Waals surface area contributed by atoms with Gasteiger partial charge in [0.1, 0.15) is 0 Å². The van der Waals surface area contributed by atoms with Gasteiger partial charge < -0.3 is 5.32 Å². The van der Waals surface area contributed by atoms with Crippen LogP contribution in [0.5, 0.6) is 0 Å². The van der Waals surface area contributed by atoms with Gasteiger partial charge in [0.25, 0.3) is 0 Å². The first-order valence-electron chi connectivity index (χ1n) is 5.14. The van der Waals surface area contributed by atoms with E-state index in [2.05, 4.69) is 61.5 Å². The molecule has 0 aromatic heterocycles. The number of nitrogens with one attached hydrogen (secondary N) is 1. The van der Waals surface area contributed by atoms with Gasteiger partial charge in [0.05, 0.1) is 5.69 Å². The van der Waals surface area contributed by atoms with Crippen LogP contribution in [0, 0.1) is 0 Å². The van der Waals surface area contributed by atoms with Gasteiger partial charge in [-0.25, -0.2) is 0 Å². The number of allylic oxidation sites excluding steroid dienone is 1. The molecule has 0 bridgehead atoms. The summed E-state index contributed by atoms with van der Waals surface area (Å²) in [7, 11) is 0.